The van der Waals surface area contributed by atoms with Crippen LogP contribution in [0.1, 0.15) is 12.6 Å². The van der Waals surface area contributed by atoms with Crippen molar-refractivity contribution in [3.05, 3.63) is 36.0 Å². The lowest BCUT2D eigenvalue weighted by molar-refractivity contribution is -0.142. The van der Waals surface area contributed by atoms with E-state index in [1.807, 2.05) is 24.3 Å². The number of aliphatic hydroxyl groups is 1. The number of aromatic amines is 1. The number of nitrogens with one attached hydrogen (secondary N) is 1. The fourth-order valence-electron chi connectivity index (χ4n) is 1.97. The molecule has 2 N–H and O–H groups in total. The third-order valence-corrected chi connectivity index (χ3v) is 2.87. The maximum atomic E-state index is 10.7. The Kier molecular flexibility index (Phi) is 3.99. The number of carbonyl (C=O) groups is 1. The normalized spacial score (nSPS) is 12.6. The molecule has 2 aromatic rings. The number of esters is 1. The van der Waals surface area contributed by atoms with Gasteiger partial charge in [-0.15, -0.1) is 0 Å². The van der Waals surface area contributed by atoms with Gasteiger partial charge in [0.25, 0.3) is 0 Å². The van der Waals surface area contributed by atoms with Crippen molar-refractivity contribution in [3.63, 3.8) is 0 Å². The van der Waals surface area contributed by atoms with Crippen molar-refractivity contribution in [1.29, 1.82) is 0 Å². The van der Waals surface area contributed by atoms with Crippen molar-refractivity contribution in [2.75, 3.05) is 13.2 Å². The van der Waals surface area contributed by atoms with E-state index in [0.717, 1.165) is 16.6 Å². The number of aromatic nitrogens is 1. The van der Waals surface area contributed by atoms with Crippen molar-refractivity contribution in [1.82, 2.24) is 4.98 Å². The smallest absolute Gasteiger partial charge is 0.302 e. The first-order valence-corrected chi connectivity index (χ1v) is 6.00. The molecule has 0 saturated heterocycles. The van der Waals surface area contributed by atoms with Crippen LogP contribution in [0.4, 0.5) is 0 Å². The van der Waals surface area contributed by atoms with E-state index in [-0.39, 0.29) is 25.1 Å². The van der Waals surface area contributed by atoms with E-state index >= 15 is 0 Å². The third kappa shape index (κ3) is 3.11. The number of ether oxygens (including phenoxy) is 1. The van der Waals surface area contributed by atoms with Crippen LogP contribution in [0.5, 0.6) is 0 Å². The molecule has 1 aromatic carbocycles. The molecule has 0 radical (unpaired) electrons. The van der Waals surface area contributed by atoms with Crippen molar-refractivity contribution < 1.29 is 14.6 Å². The van der Waals surface area contributed by atoms with Gasteiger partial charge in [-0.05, 0) is 23.9 Å². The summed E-state index contributed by atoms with van der Waals surface area (Å²) in [6.45, 7) is 1.63. The molecule has 1 heterocycles. The zero-order valence-corrected chi connectivity index (χ0v) is 10.3. The predicted molar refractivity (Wildman–Crippen MR) is 69.2 cm³/mol. The fraction of sp³-hybridized carbons (Fsp3) is 0.357. The number of benzene rings is 1. The highest BCUT2D eigenvalue weighted by atomic mass is 16.5. The summed E-state index contributed by atoms with van der Waals surface area (Å²) in [5.41, 5.74) is 2.12. The minimum absolute atomic E-state index is 0.00262. The van der Waals surface area contributed by atoms with Crippen molar-refractivity contribution >= 4 is 16.9 Å². The summed E-state index contributed by atoms with van der Waals surface area (Å²) in [5, 5.41) is 10.4. The van der Waals surface area contributed by atoms with Crippen molar-refractivity contribution in [2.45, 2.75) is 13.3 Å². The molecule has 4 heteroatoms. The Morgan fingerprint density at radius 1 is 1.44 bits per heavy atom. The van der Waals surface area contributed by atoms with Crippen molar-refractivity contribution in [2.24, 2.45) is 5.92 Å². The Labute approximate surface area is 106 Å². The summed E-state index contributed by atoms with van der Waals surface area (Å²) in [6.07, 6.45) is 0.665. The first kappa shape index (κ1) is 12.6. The highest BCUT2D eigenvalue weighted by Gasteiger charge is 2.12. The molecule has 96 valence electrons. The average Bonchev–Trinajstić information content (AvgIpc) is 2.76. The Morgan fingerprint density at radius 3 is 2.89 bits per heavy atom. The van der Waals surface area contributed by atoms with Gasteiger partial charge in [-0.2, -0.15) is 0 Å². The van der Waals surface area contributed by atoms with E-state index in [1.54, 1.807) is 0 Å². The molecule has 1 atom stereocenters. The number of para-hydroxylation sites is 1. The molecular formula is C14H17NO3. The van der Waals surface area contributed by atoms with Gasteiger partial charge in [-0.25, -0.2) is 0 Å². The summed E-state index contributed by atoms with van der Waals surface area (Å²) in [6, 6.07) is 10.1. The molecule has 0 fully saturated rings. The SMILES string of the molecule is CC(=O)OC[C@@H](CO)Cc1cc2ccccc2[nH]1. The van der Waals surface area contributed by atoms with Gasteiger partial charge in [0.1, 0.15) is 0 Å². The molecular weight excluding hydrogens is 230 g/mol. The Balaban J connectivity index is 2.04. The average molecular weight is 247 g/mol. The van der Waals surface area contributed by atoms with Crippen LogP contribution in [-0.2, 0) is 16.0 Å². The lowest BCUT2D eigenvalue weighted by atomic mass is 10.1. The predicted octanol–water partition coefficient (Wildman–Crippen LogP) is 1.88. The van der Waals surface area contributed by atoms with Gasteiger partial charge < -0.3 is 14.8 Å². The number of aliphatic hydroxyl groups excluding tert-OH is 1. The van der Waals surface area contributed by atoms with Gasteiger partial charge in [0.2, 0.25) is 0 Å². The van der Waals surface area contributed by atoms with Crippen LogP contribution in [0.25, 0.3) is 10.9 Å². The van der Waals surface area contributed by atoms with E-state index in [2.05, 4.69) is 11.1 Å². The maximum Gasteiger partial charge on any atom is 0.302 e. The second-order valence-electron chi connectivity index (χ2n) is 4.44. The van der Waals surface area contributed by atoms with Crippen LogP contribution in [0.3, 0.4) is 0 Å². The highest BCUT2D eigenvalue weighted by molar-refractivity contribution is 5.80. The first-order valence-electron chi connectivity index (χ1n) is 6.00. The monoisotopic (exact) mass is 247 g/mol. The van der Waals surface area contributed by atoms with Crippen LogP contribution in [-0.4, -0.2) is 29.3 Å². The molecule has 0 bridgehead atoms. The number of fused-ring (bicyclic) bond motifs is 1. The van der Waals surface area contributed by atoms with Gasteiger partial charge in [-0.3, -0.25) is 4.79 Å². The molecule has 18 heavy (non-hydrogen) atoms. The van der Waals surface area contributed by atoms with Crippen LogP contribution < -0.4 is 0 Å². The standard InChI is InChI=1S/C14H17NO3/c1-10(17)18-9-11(8-16)6-13-7-12-4-2-3-5-14(12)15-13/h2-5,7,11,15-16H,6,8-9H2,1H3/t11-/m1/s1. The lowest BCUT2D eigenvalue weighted by Crippen LogP contribution is -2.18. The Morgan fingerprint density at radius 2 is 2.22 bits per heavy atom. The third-order valence-electron chi connectivity index (χ3n) is 2.87. The van der Waals surface area contributed by atoms with Crippen LogP contribution in [0, 0.1) is 5.92 Å². The summed E-state index contributed by atoms with van der Waals surface area (Å²) >= 11 is 0. The quantitative estimate of drug-likeness (QED) is 0.793. The van der Waals surface area contributed by atoms with Gasteiger partial charge in [0.05, 0.1) is 6.61 Å². The van der Waals surface area contributed by atoms with E-state index in [1.165, 1.54) is 6.92 Å². The number of carbonyl (C=O) groups excluding carboxylic acids is 1. The summed E-state index contributed by atoms with van der Waals surface area (Å²) < 4.78 is 4.93. The van der Waals surface area contributed by atoms with E-state index in [9.17, 15) is 9.90 Å². The summed E-state index contributed by atoms with van der Waals surface area (Å²) in [4.78, 5) is 14.0. The molecule has 0 amide bonds. The second-order valence-corrected chi connectivity index (χ2v) is 4.44. The summed E-state index contributed by atoms with van der Waals surface area (Å²) in [5.74, 6) is -0.382. The van der Waals surface area contributed by atoms with Gasteiger partial charge in [0, 0.05) is 30.7 Å². The fourth-order valence-corrected chi connectivity index (χ4v) is 1.97. The molecule has 1 aromatic heterocycles. The van der Waals surface area contributed by atoms with E-state index in [4.69, 9.17) is 4.74 Å². The second kappa shape index (κ2) is 5.69. The number of rotatable bonds is 5. The number of H-pyrrole nitrogens is 1. The zero-order valence-electron chi connectivity index (χ0n) is 10.3. The molecule has 2 rings (SSSR count). The number of hydrogen-bond acceptors (Lipinski definition) is 3. The van der Waals surface area contributed by atoms with Crippen molar-refractivity contribution in [3.8, 4) is 0 Å². The highest BCUT2D eigenvalue weighted by Crippen LogP contribution is 2.17. The molecule has 0 saturated carbocycles. The van der Waals surface area contributed by atoms with Gasteiger partial charge >= 0.3 is 5.97 Å². The number of hydrogen-bond donors (Lipinski definition) is 2. The van der Waals surface area contributed by atoms with E-state index in [0.29, 0.717) is 6.42 Å². The van der Waals surface area contributed by atoms with Gasteiger partial charge in [-0.1, -0.05) is 18.2 Å². The zero-order chi connectivity index (χ0) is 13.0. The van der Waals surface area contributed by atoms with E-state index < -0.39 is 0 Å². The lowest BCUT2D eigenvalue weighted by Gasteiger charge is -2.12. The molecule has 0 aliphatic rings. The summed E-state index contributed by atoms with van der Waals surface area (Å²) in [7, 11) is 0. The minimum Gasteiger partial charge on any atom is -0.465 e. The van der Waals surface area contributed by atoms with Gasteiger partial charge in [0.15, 0.2) is 0 Å². The first-order chi connectivity index (χ1) is 8.69. The minimum atomic E-state index is -0.315. The van der Waals surface area contributed by atoms with Crippen LogP contribution in [0.15, 0.2) is 30.3 Å². The van der Waals surface area contributed by atoms with Crippen LogP contribution in [0.2, 0.25) is 0 Å². The topological polar surface area (TPSA) is 62.3 Å². The maximum absolute atomic E-state index is 10.7. The molecule has 4 nitrogen and oxygen atoms in total. The van der Waals surface area contributed by atoms with Crippen LogP contribution >= 0.6 is 0 Å². The Bertz CT molecular complexity index is 500. The molecule has 0 unspecified atom stereocenters. The largest absolute Gasteiger partial charge is 0.465 e. The Hall–Kier alpha value is -1.81. The molecule has 0 aliphatic heterocycles. The molecule has 0 spiro atoms. The molecule has 0 aliphatic carbocycles.